The number of halogens is 1. The topological polar surface area (TPSA) is 51.0 Å². The van der Waals surface area contributed by atoms with Crippen molar-refractivity contribution in [3.05, 3.63) is 53.4 Å². The molecule has 0 fully saturated rings. The zero-order valence-electron chi connectivity index (χ0n) is 10.5. The van der Waals surface area contributed by atoms with Gasteiger partial charge in [-0.3, -0.25) is 0 Å². The summed E-state index contributed by atoms with van der Waals surface area (Å²) in [5.74, 6) is 0.967. The van der Waals surface area contributed by atoms with E-state index >= 15 is 0 Å². The summed E-state index contributed by atoms with van der Waals surface area (Å²) in [4.78, 5) is 5.30. The summed E-state index contributed by atoms with van der Waals surface area (Å²) in [6, 6.07) is 10.1. The molecule has 1 aromatic carbocycles. The van der Waals surface area contributed by atoms with Gasteiger partial charge in [-0.2, -0.15) is 4.98 Å². The number of anilines is 1. The first-order valence-electron chi connectivity index (χ1n) is 6.17. The van der Waals surface area contributed by atoms with Gasteiger partial charge >= 0.3 is 0 Å². The van der Waals surface area contributed by atoms with Crippen molar-refractivity contribution in [2.45, 2.75) is 6.42 Å². The third-order valence-corrected chi connectivity index (χ3v) is 3.58. The second-order valence-electron chi connectivity index (χ2n) is 4.18. The fourth-order valence-corrected chi connectivity index (χ4v) is 2.39. The maximum atomic E-state index is 12.8. The summed E-state index contributed by atoms with van der Waals surface area (Å²) in [6.07, 6.45) is 0.645. The van der Waals surface area contributed by atoms with E-state index in [4.69, 9.17) is 4.52 Å². The van der Waals surface area contributed by atoms with Crippen LogP contribution in [-0.2, 0) is 6.42 Å². The molecule has 3 rings (SSSR count). The summed E-state index contributed by atoms with van der Waals surface area (Å²) >= 11 is 1.56. The van der Waals surface area contributed by atoms with Crippen LogP contribution in [0.5, 0.6) is 0 Å². The van der Waals surface area contributed by atoms with Gasteiger partial charge in [0.05, 0.1) is 4.88 Å². The lowest BCUT2D eigenvalue weighted by molar-refractivity contribution is 0.424. The van der Waals surface area contributed by atoms with E-state index in [1.165, 1.54) is 12.1 Å². The zero-order valence-corrected chi connectivity index (χ0v) is 11.4. The van der Waals surface area contributed by atoms with Gasteiger partial charge in [0.15, 0.2) is 5.82 Å². The van der Waals surface area contributed by atoms with Crippen molar-refractivity contribution in [2.75, 3.05) is 11.9 Å². The van der Waals surface area contributed by atoms with Gasteiger partial charge in [0.25, 0.3) is 5.89 Å². The SMILES string of the molecule is Fc1ccc(NCCc2noc(-c3cccs3)n2)cc1. The quantitative estimate of drug-likeness (QED) is 0.780. The zero-order chi connectivity index (χ0) is 13.8. The first-order valence-corrected chi connectivity index (χ1v) is 7.05. The van der Waals surface area contributed by atoms with Crippen LogP contribution in [0.4, 0.5) is 10.1 Å². The second-order valence-corrected chi connectivity index (χ2v) is 5.12. The molecule has 0 saturated heterocycles. The molecular weight excluding hydrogens is 277 g/mol. The Hall–Kier alpha value is -2.21. The molecule has 6 heteroatoms. The van der Waals surface area contributed by atoms with Gasteiger partial charge in [0.1, 0.15) is 5.82 Å². The maximum Gasteiger partial charge on any atom is 0.267 e. The maximum absolute atomic E-state index is 12.8. The van der Waals surface area contributed by atoms with Gasteiger partial charge in [-0.05, 0) is 35.7 Å². The molecule has 2 heterocycles. The third-order valence-electron chi connectivity index (χ3n) is 2.72. The Morgan fingerprint density at radius 1 is 1.20 bits per heavy atom. The fraction of sp³-hybridized carbons (Fsp3) is 0.143. The first-order chi connectivity index (χ1) is 9.81. The molecule has 3 aromatic rings. The van der Waals surface area contributed by atoms with E-state index in [1.54, 1.807) is 23.5 Å². The highest BCUT2D eigenvalue weighted by atomic mass is 32.1. The summed E-state index contributed by atoms with van der Waals surface area (Å²) in [5.41, 5.74) is 0.869. The molecule has 0 unspecified atom stereocenters. The smallest absolute Gasteiger partial charge is 0.267 e. The number of nitrogens with one attached hydrogen (secondary N) is 1. The van der Waals surface area contributed by atoms with Crippen LogP contribution in [0.25, 0.3) is 10.8 Å². The minimum atomic E-state index is -0.241. The largest absolute Gasteiger partial charge is 0.385 e. The molecule has 102 valence electrons. The minimum Gasteiger partial charge on any atom is -0.385 e. The molecule has 0 aliphatic rings. The number of thiophene rings is 1. The van der Waals surface area contributed by atoms with E-state index in [2.05, 4.69) is 15.5 Å². The van der Waals surface area contributed by atoms with Crippen molar-refractivity contribution in [1.82, 2.24) is 10.1 Å². The molecule has 0 bridgehead atoms. The van der Waals surface area contributed by atoms with Gasteiger partial charge in [-0.25, -0.2) is 4.39 Å². The van der Waals surface area contributed by atoms with Crippen molar-refractivity contribution in [3.63, 3.8) is 0 Å². The normalized spacial score (nSPS) is 10.7. The number of rotatable bonds is 5. The second kappa shape index (κ2) is 5.83. The van der Waals surface area contributed by atoms with Crippen LogP contribution in [0.3, 0.4) is 0 Å². The van der Waals surface area contributed by atoms with Gasteiger partial charge < -0.3 is 9.84 Å². The molecule has 0 aliphatic carbocycles. The molecular formula is C14H12FN3OS. The molecule has 1 N–H and O–H groups in total. The van der Waals surface area contributed by atoms with Gasteiger partial charge in [-0.15, -0.1) is 11.3 Å². The predicted octanol–water partition coefficient (Wildman–Crippen LogP) is 3.59. The van der Waals surface area contributed by atoms with Crippen LogP contribution < -0.4 is 5.32 Å². The Morgan fingerprint density at radius 3 is 2.80 bits per heavy atom. The summed E-state index contributed by atoms with van der Waals surface area (Å²) in [6.45, 7) is 0.662. The Balaban J connectivity index is 1.55. The van der Waals surface area contributed by atoms with Crippen molar-refractivity contribution < 1.29 is 8.91 Å². The fourth-order valence-electron chi connectivity index (χ4n) is 1.74. The summed E-state index contributed by atoms with van der Waals surface area (Å²) in [7, 11) is 0. The van der Waals surface area contributed by atoms with Crippen LogP contribution in [0.15, 0.2) is 46.3 Å². The Bertz CT molecular complexity index is 664. The first kappa shape index (κ1) is 12.8. The molecule has 0 amide bonds. The summed E-state index contributed by atoms with van der Waals surface area (Å²) in [5, 5.41) is 9.08. The van der Waals surface area contributed by atoms with E-state index in [1.807, 2.05) is 17.5 Å². The van der Waals surface area contributed by atoms with Gasteiger partial charge in [0.2, 0.25) is 0 Å². The Kier molecular flexibility index (Phi) is 3.73. The lowest BCUT2D eigenvalue weighted by Crippen LogP contribution is -2.05. The highest BCUT2D eigenvalue weighted by molar-refractivity contribution is 7.13. The standard InChI is InChI=1S/C14H12FN3OS/c15-10-3-5-11(6-4-10)16-8-7-13-17-14(19-18-13)12-2-1-9-20-12/h1-6,9,16H,7-8H2. The molecule has 0 radical (unpaired) electrons. The number of nitrogens with zero attached hydrogens (tertiary/aromatic N) is 2. The minimum absolute atomic E-state index is 0.241. The van der Waals surface area contributed by atoms with Crippen LogP contribution in [0.2, 0.25) is 0 Å². The monoisotopic (exact) mass is 289 g/mol. The van der Waals surface area contributed by atoms with Crippen molar-refractivity contribution in [3.8, 4) is 10.8 Å². The Labute approximate surface area is 119 Å². The van der Waals surface area contributed by atoms with Crippen LogP contribution >= 0.6 is 11.3 Å². The van der Waals surface area contributed by atoms with Gasteiger partial charge in [0, 0.05) is 18.7 Å². The van der Waals surface area contributed by atoms with E-state index < -0.39 is 0 Å². The summed E-state index contributed by atoms with van der Waals surface area (Å²) < 4.78 is 18.0. The Morgan fingerprint density at radius 2 is 2.05 bits per heavy atom. The third kappa shape index (κ3) is 3.03. The molecule has 0 spiro atoms. The number of hydrogen-bond donors (Lipinski definition) is 1. The van der Waals surface area contributed by atoms with Crippen LogP contribution in [-0.4, -0.2) is 16.7 Å². The molecule has 0 aliphatic heterocycles. The number of benzene rings is 1. The average Bonchev–Trinajstić information content (AvgIpc) is 3.11. The number of aromatic nitrogens is 2. The lowest BCUT2D eigenvalue weighted by atomic mass is 10.3. The highest BCUT2D eigenvalue weighted by Gasteiger charge is 2.08. The molecule has 4 nitrogen and oxygen atoms in total. The van der Waals surface area contributed by atoms with E-state index in [0.717, 1.165) is 10.6 Å². The van der Waals surface area contributed by atoms with E-state index in [9.17, 15) is 4.39 Å². The molecule has 20 heavy (non-hydrogen) atoms. The van der Waals surface area contributed by atoms with Crippen LogP contribution in [0.1, 0.15) is 5.82 Å². The van der Waals surface area contributed by atoms with E-state index in [0.29, 0.717) is 24.7 Å². The molecule has 0 atom stereocenters. The molecule has 0 saturated carbocycles. The average molecular weight is 289 g/mol. The van der Waals surface area contributed by atoms with Crippen molar-refractivity contribution in [2.24, 2.45) is 0 Å². The van der Waals surface area contributed by atoms with Crippen molar-refractivity contribution >= 4 is 17.0 Å². The highest BCUT2D eigenvalue weighted by Crippen LogP contribution is 2.22. The lowest BCUT2D eigenvalue weighted by Gasteiger charge is -2.03. The van der Waals surface area contributed by atoms with Gasteiger partial charge in [-0.1, -0.05) is 11.2 Å². The molecule has 2 aromatic heterocycles. The van der Waals surface area contributed by atoms with E-state index in [-0.39, 0.29) is 5.82 Å². The van der Waals surface area contributed by atoms with Crippen LogP contribution in [0, 0.1) is 5.82 Å². The van der Waals surface area contributed by atoms with Crippen molar-refractivity contribution in [1.29, 1.82) is 0 Å². The predicted molar refractivity (Wildman–Crippen MR) is 76.2 cm³/mol. The number of hydrogen-bond acceptors (Lipinski definition) is 5.